The van der Waals surface area contributed by atoms with Crippen LogP contribution in [0.4, 0.5) is 0 Å². The topological polar surface area (TPSA) is 33.7 Å². The fourth-order valence-electron chi connectivity index (χ4n) is 3.96. The first-order valence-corrected chi connectivity index (χ1v) is 7.99. The van der Waals surface area contributed by atoms with Gasteiger partial charge in [0.15, 0.2) is 0 Å². The van der Waals surface area contributed by atoms with Crippen LogP contribution in [0.2, 0.25) is 0 Å². The van der Waals surface area contributed by atoms with E-state index >= 15 is 0 Å². The van der Waals surface area contributed by atoms with Gasteiger partial charge in [0, 0.05) is 25.0 Å². The van der Waals surface area contributed by atoms with Gasteiger partial charge in [-0.05, 0) is 47.7 Å². The average molecular weight is 284 g/mol. The van der Waals surface area contributed by atoms with Gasteiger partial charge in [-0.15, -0.1) is 0 Å². The summed E-state index contributed by atoms with van der Waals surface area (Å²) in [6.07, 6.45) is 1.34. The maximum absolute atomic E-state index is 6.28. The molecule has 2 aliphatic rings. The lowest BCUT2D eigenvalue weighted by Gasteiger charge is -2.41. The molecule has 0 saturated carbocycles. The van der Waals surface area contributed by atoms with Crippen molar-refractivity contribution in [3.63, 3.8) is 0 Å². The third kappa shape index (κ3) is 3.53. The molecule has 3 unspecified atom stereocenters. The molecule has 0 spiro atoms. The van der Waals surface area contributed by atoms with Gasteiger partial charge in [0.25, 0.3) is 0 Å². The van der Waals surface area contributed by atoms with Crippen molar-refractivity contribution >= 4 is 0 Å². The maximum Gasteiger partial charge on any atom is 0.0858 e. The highest BCUT2D eigenvalue weighted by atomic mass is 16.5. The summed E-state index contributed by atoms with van der Waals surface area (Å²) in [6, 6.07) is 0.361. The molecule has 4 nitrogen and oxygen atoms in total. The number of hydrogen-bond donors (Lipinski definition) is 1. The van der Waals surface area contributed by atoms with Crippen LogP contribution in [0, 0.1) is 5.92 Å². The number of nitrogens with one attached hydrogen (secondary N) is 1. The molecule has 2 aliphatic heterocycles. The molecule has 0 radical (unpaired) electrons. The molecule has 1 N–H and O–H groups in total. The molecule has 118 valence electrons. The molecule has 0 aromatic rings. The summed E-state index contributed by atoms with van der Waals surface area (Å²) in [6.45, 7) is 14.9. The summed E-state index contributed by atoms with van der Waals surface area (Å²) >= 11 is 0. The molecule has 0 aromatic heterocycles. The smallest absolute Gasteiger partial charge is 0.0858 e. The lowest BCUT2D eigenvalue weighted by molar-refractivity contribution is -0.0951. The molecular weight excluding hydrogens is 252 g/mol. The van der Waals surface area contributed by atoms with E-state index in [1.807, 2.05) is 0 Å². The summed E-state index contributed by atoms with van der Waals surface area (Å²) in [7, 11) is 2.18. The second-order valence-corrected chi connectivity index (χ2v) is 7.53. The van der Waals surface area contributed by atoms with E-state index in [1.54, 1.807) is 0 Å². The third-order valence-corrected chi connectivity index (χ3v) is 4.71. The largest absolute Gasteiger partial charge is 0.374 e. The monoisotopic (exact) mass is 284 g/mol. The maximum atomic E-state index is 6.28. The van der Waals surface area contributed by atoms with Gasteiger partial charge >= 0.3 is 0 Å². The zero-order valence-corrected chi connectivity index (χ0v) is 14.0. The standard InChI is InChI=1S/C16H32N2O2/c1-7-17-14(13-11-18(6)8-9-19-13)12-10-15(2,3)20-16(12,4)5/h12-14,17H,7-11H2,1-6H3. The molecule has 20 heavy (non-hydrogen) atoms. The van der Waals surface area contributed by atoms with Gasteiger partial charge in [-0.3, -0.25) is 0 Å². The SMILES string of the molecule is CCNC(C1CN(C)CCO1)C1CC(C)(C)OC1(C)C. The Balaban J connectivity index is 2.15. The summed E-state index contributed by atoms with van der Waals surface area (Å²) in [4.78, 5) is 2.37. The Morgan fingerprint density at radius 1 is 1.30 bits per heavy atom. The van der Waals surface area contributed by atoms with Crippen LogP contribution >= 0.6 is 0 Å². The number of ether oxygens (including phenoxy) is 2. The Morgan fingerprint density at radius 2 is 2.00 bits per heavy atom. The number of morpholine rings is 1. The highest BCUT2D eigenvalue weighted by Crippen LogP contribution is 2.44. The van der Waals surface area contributed by atoms with Crippen LogP contribution in [-0.4, -0.2) is 61.5 Å². The number of rotatable bonds is 4. The van der Waals surface area contributed by atoms with E-state index < -0.39 is 0 Å². The number of nitrogens with zero attached hydrogens (tertiary/aromatic N) is 1. The minimum absolute atomic E-state index is 0.0393. The van der Waals surface area contributed by atoms with Crippen LogP contribution in [0.5, 0.6) is 0 Å². The Kier molecular flexibility index (Phi) is 4.80. The molecule has 2 rings (SSSR count). The van der Waals surface area contributed by atoms with E-state index in [1.165, 1.54) is 0 Å². The lowest BCUT2D eigenvalue weighted by atomic mass is 9.79. The number of hydrogen-bond acceptors (Lipinski definition) is 4. The fraction of sp³-hybridized carbons (Fsp3) is 1.00. The molecule has 0 aliphatic carbocycles. The zero-order chi connectivity index (χ0) is 15.0. The first-order chi connectivity index (χ1) is 9.25. The second kappa shape index (κ2) is 5.91. The van der Waals surface area contributed by atoms with Gasteiger partial charge in [0.2, 0.25) is 0 Å². The number of likely N-dealkylation sites (N-methyl/N-ethyl adjacent to an activating group) is 2. The van der Waals surface area contributed by atoms with E-state index in [2.05, 4.69) is 51.9 Å². The minimum atomic E-state index is -0.101. The summed E-state index contributed by atoms with van der Waals surface area (Å²) in [5.41, 5.74) is -0.141. The Hall–Kier alpha value is -0.160. The van der Waals surface area contributed by atoms with Crippen molar-refractivity contribution in [3.8, 4) is 0 Å². The first-order valence-electron chi connectivity index (χ1n) is 7.99. The van der Waals surface area contributed by atoms with Crippen LogP contribution in [-0.2, 0) is 9.47 Å². The molecule has 0 aromatic carbocycles. The molecular formula is C16H32N2O2. The predicted molar refractivity (Wildman–Crippen MR) is 82.1 cm³/mol. The Bertz CT molecular complexity index is 330. The zero-order valence-electron chi connectivity index (χ0n) is 14.0. The van der Waals surface area contributed by atoms with Crippen molar-refractivity contribution in [3.05, 3.63) is 0 Å². The Morgan fingerprint density at radius 3 is 2.50 bits per heavy atom. The van der Waals surface area contributed by atoms with Crippen molar-refractivity contribution in [1.29, 1.82) is 0 Å². The fourth-order valence-corrected chi connectivity index (χ4v) is 3.96. The van der Waals surface area contributed by atoms with Gasteiger partial charge in [-0.25, -0.2) is 0 Å². The van der Waals surface area contributed by atoms with Crippen molar-refractivity contribution < 1.29 is 9.47 Å². The van der Waals surface area contributed by atoms with Crippen LogP contribution in [0.1, 0.15) is 41.0 Å². The minimum Gasteiger partial charge on any atom is -0.374 e. The van der Waals surface area contributed by atoms with Crippen LogP contribution < -0.4 is 5.32 Å². The molecule has 2 saturated heterocycles. The van der Waals surface area contributed by atoms with E-state index in [-0.39, 0.29) is 17.3 Å². The lowest BCUT2D eigenvalue weighted by Crippen LogP contribution is -2.57. The first kappa shape index (κ1) is 16.2. The van der Waals surface area contributed by atoms with Crippen molar-refractivity contribution in [2.45, 2.75) is 64.4 Å². The molecule has 0 bridgehead atoms. The van der Waals surface area contributed by atoms with Crippen molar-refractivity contribution in [1.82, 2.24) is 10.2 Å². The van der Waals surface area contributed by atoms with E-state index in [0.717, 1.165) is 32.7 Å². The van der Waals surface area contributed by atoms with Crippen molar-refractivity contribution in [2.24, 2.45) is 5.92 Å². The molecule has 3 atom stereocenters. The van der Waals surface area contributed by atoms with E-state index in [9.17, 15) is 0 Å². The quantitative estimate of drug-likeness (QED) is 0.855. The van der Waals surface area contributed by atoms with Gasteiger partial charge in [-0.1, -0.05) is 6.92 Å². The summed E-state index contributed by atoms with van der Waals surface area (Å²) < 4.78 is 12.4. The molecule has 0 amide bonds. The van der Waals surface area contributed by atoms with E-state index in [4.69, 9.17) is 9.47 Å². The van der Waals surface area contributed by atoms with Gasteiger partial charge in [0.1, 0.15) is 0 Å². The van der Waals surface area contributed by atoms with Crippen LogP contribution in [0.3, 0.4) is 0 Å². The molecule has 2 heterocycles. The van der Waals surface area contributed by atoms with Gasteiger partial charge < -0.3 is 19.7 Å². The van der Waals surface area contributed by atoms with E-state index in [0.29, 0.717) is 12.0 Å². The van der Waals surface area contributed by atoms with Crippen molar-refractivity contribution in [2.75, 3.05) is 33.3 Å². The summed E-state index contributed by atoms with van der Waals surface area (Å²) in [5, 5.41) is 3.68. The second-order valence-electron chi connectivity index (χ2n) is 7.53. The highest BCUT2D eigenvalue weighted by molar-refractivity contribution is 5.02. The third-order valence-electron chi connectivity index (χ3n) is 4.71. The average Bonchev–Trinajstić information content (AvgIpc) is 2.54. The van der Waals surface area contributed by atoms with Crippen LogP contribution in [0.25, 0.3) is 0 Å². The predicted octanol–water partition coefficient (Wildman–Crippen LogP) is 1.89. The molecule has 4 heteroatoms. The summed E-state index contributed by atoms with van der Waals surface area (Å²) in [5.74, 6) is 0.481. The normalized spacial score (nSPS) is 35.1. The van der Waals surface area contributed by atoms with Gasteiger partial charge in [-0.2, -0.15) is 0 Å². The van der Waals surface area contributed by atoms with Crippen LogP contribution in [0.15, 0.2) is 0 Å². The van der Waals surface area contributed by atoms with Gasteiger partial charge in [0.05, 0.1) is 23.9 Å². The highest BCUT2D eigenvalue weighted by Gasteiger charge is 2.51. The molecule has 2 fully saturated rings. The Labute approximate surface area is 124 Å².